The molecular formula is C18H21F2N3O2. The summed E-state index contributed by atoms with van der Waals surface area (Å²) in [5.41, 5.74) is 2.01. The molecule has 7 heteroatoms. The van der Waals surface area contributed by atoms with E-state index in [9.17, 15) is 13.6 Å². The van der Waals surface area contributed by atoms with Crippen molar-refractivity contribution in [3.05, 3.63) is 47.3 Å². The van der Waals surface area contributed by atoms with Gasteiger partial charge in [0.05, 0.1) is 11.7 Å². The van der Waals surface area contributed by atoms with Crippen molar-refractivity contribution in [2.24, 2.45) is 0 Å². The molecule has 5 nitrogen and oxygen atoms in total. The molecule has 1 aliphatic rings. The van der Waals surface area contributed by atoms with Gasteiger partial charge in [-0.2, -0.15) is 5.10 Å². The van der Waals surface area contributed by atoms with Crippen molar-refractivity contribution in [3.63, 3.8) is 0 Å². The van der Waals surface area contributed by atoms with E-state index >= 15 is 0 Å². The second-order valence-electron chi connectivity index (χ2n) is 6.37. The first-order valence-electron chi connectivity index (χ1n) is 8.32. The maximum atomic E-state index is 13.6. The van der Waals surface area contributed by atoms with Crippen LogP contribution in [0.15, 0.2) is 24.3 Å². The van der Waals surface area contributed by atoms with Crippen molar-refractivity contribution in [1.29, 1.82) is 0 Å². The number of carbonyl (C=O) groups excluding carboxylic acids is 1. The number of aromatic nitrogens is 2. The fourth-order valence-corrected chi connectivity index (χ4v) is 3.22. The Balaban J connectivity index is 1.62. The van der Waals surface area contributed by atoms with Crippen LogP contribution in [0.1, 0.15) is 30.3 Å². The lowest BCUT2D eigenvalue weighted by atomic mass is 10.1. The number of piperidine rings is 1. The number of aryl methyl sites for hydroxylation is 2. The molecule has 1 saturated heterocycles. The highest BCUT2D eigenvalue weighted by atomic mass is 19.1. The van der Waals surface area contributed by atoms with Gasteiger partial charge in [0.15, 0.2) is 18.2 Å². The van der Waals surface area contributed by atoms with Crippen molar-refractivity contribution < 1.29 is 18.3 Å². The number of rotatable bonds is 4. The molecule has 1 aliphatic heterocycles. The number of hydrogen-bond donors (Lipinski definition) is 0. The molecule has 1 fully saturated rings. The monoisotopic (exact) mass is 349 g/mol. The van der Waals surface area contributed by atoms with E-state index in [1.807, 2.05) is 24.6 Å². The minimum atomic E-state index is -0.687. The second kappa shape index (κ2) is 7.21. The van der Waals surface area contributed by atoms with Gasteiger partial charge in [0, 0.05) is 24.8 Å². The first-order valence-corrected chi connectivity index (χ1v) is 8.32. The number of amides is 1. The molecule has 134 valence electrons. The van der Waals surface area contributed by atoms with Crippen LogP contribution in [-0.2, 0) is 4.79 Å². The van der Waals surface area contributed by atoms with Gasteiger partial charge >= 0.3 is 0 Å². The lowest BCUT2D eigenvalue weighted by Gasteiger charge is -2.33. The first kappa shape index (κ1) is 17.4. The quantitative estimate of drug-likeness (QED) is 0.852. The van der Waals surface area contributed by atoms with Crippen LogP contribution in [0.5, 0.6) is 5.75 Å². The molecule has 0 spiro atoms. The van der Waals surface area contributed by atoms with Crippen LogP contribution >= 0.6 is 0 Å². The summed E-state index contributed by atoms with van der Waals surface area (Å²) in [5, 5.41) is 4.50. The lowest BCUT2D eigenvalue weighted by Crippen LogP contribution is -2.43. The molecule has 2 heterocycles. The molecule has 0 bridgehead atoms. The summed E-state index contributed by atoms with van der Waals surface area (Å²) in [6.45, 7) is 4.79. The Hall–Kier alpha value is -2.44. The summed E-state index contributed by atoms with van der Waals surface area (Å²) in [6, 6.07) is 5.06. The molecule has 0 radical (unpaired) electrons. The third-order valence-electron chi connectivity index (χ3n) is 4.38. The zero-order valence-corrected chi connectivity index (χ0v) is 14.3. The highest BCUT2D eigenvalue weighted by Crippen LogP contribution is 2.23. The SMILES string of the molecule is Cc1cc(C)n([C@H]2CCCN(C(=O)COc3cc(F)ccc3F)C2)n1. The van der Waals surface area contributed by atoms with Crippen LogP contribution in [0.4, 0.5) is 8.78 Å². The Morgan fingerprint density at radius 3 is 2.84 bits per heavy atom. The van der Waals surface area contributed by atoms with E-state index in [1.165, 1.54) is 0 Å². The number of hydrogen-bond acceptors (Lipinski definition) is 3. The number of benzene rings is 1. The molecule has 3 rings (SSSR count). The summed E-state index contributed by atoms with van der Waals surface area (Å²) in [7, 11) is 0. The zero-order valence-electron chi connectivity index (χ0n) is 14.3. The fraction of sp³-hybridized carbons (Fsp3) is 0.444. The molecule has 0 saturated carbocycles. The van der Waals surface area contributed by atoms with Crippen molar-refractivity contribution in [3.8, 4) is 5.75 Å². The van der Waals surface area contributed by atoms with Gasteiger partial charge in [0.25, 0.3) is 5.91 Å². The van der Waals surface area contributed by atoms with Crippen LogP contribution in [0.25, 0.3) is 0 Å². The van der Waals surface area contributed by atoms with Crippen LogP contribution in [0.2, 0.25) is 0 Å². The molecule has 1 aromatic carbocycles. The number of carbonyl (C=O) groups is 1. The van der Waals surface area contributed by atoms with E-state index in [0.29, 0.717) is 13.1 Å². The highest BCUT2D eigenvalue weighted by Gasteiger charge is 2.26. The molecule has 0 unspecified atom stereocenters. The molecule has 1 amide bonds. The Morgan fingerprint density at radius 2 is 2.12 bits per heavy atom. The van der Waals surface area contributed by atoms with Gasteiger partial charge in [0.1, 0.15) is 5.82 Å². The van der Waals surface area contributed by atoms with E-state index < -0.39 is 11.6 Å². The zero-order chi connectivity index (χ0) is 18.0. The second-order valence-corrected chi connectivity index (χ2v) is 6.37. The van der Waals surface area contributed by atoms with Crippen molar-refractivity contribution in [1.82, 2.24) is 14.7 Å². The van der Waals surface area contributed by atoms with Gasteiger partial charge in [-0.3, -0.25) is 9.48 Å². The molecule has 1 aromatic heterocycles. The largest absolute Gasteiger partial charge is 0.481 e. The van der Waals surface area contributed by atoms with Gasteiger partial charge in [-0.05, 0) is 44.9 Å². The van der Waals surface area contributed by atoms with Crippen LogP contribution < -0.4 is 4.74 Å². The third kappa shape index (κ3) is 3.97. The molecule has 0 N–H and O–H groups in total. The average molecular weight is 349 g/mol. The Kier molecular flexibility index (Phi) is 5.01. The summed E-state index contributed by atoms with van der Waals surface area (Å²) < 4.78 is 33.9. The summed E-state index contributed by atoms with van der Waals surface area (Å²) >= 11 is 0. The van der Waals surface area contributed by atoms with Crippen LogP contribution in [0.3, 0.4) is 0 Å². The standard InChI is InChI=1S/C18H21F2N3O2/c1-12-8-13(2)23(21-12)15-4-3-7-22(10-15)18(24)11-25-17-9-14(19)5-6-16(17)20/h5-6,8-9,15H,3-4,7,10-11H2,1-2H3/t15-/m0/s1. The minimum absolute atomic E-state index is 0.123. The summed E-state index contributed by atoms with van der Waals surface area (Å²) in [6.07, 6.45) is 1.81. The van der Waals surface area contributed by atoms with Gasteiger partial charge in [-0.25, -0.2) is 8.78 Å². The summed E-state index contributed by atoms with van der Waals surface area (Å²) in [4.78, 5) is 14.1. The summed E-state index contributed by atoms with van der Waals surface area (Å²) in [5.74, 6) is -1.78. The molecular weight excluding hydrogens is 328 g/mol. The molecule has 1 atom stereocenters. The highest BCUT2D eigenvalue weighted by molar-refractivity contribution is 5.77. The van der Waals surface area contributed by atoms with E-state index in [4.69, 9.17) is 4.74 Å². The minimum Gasteiger partial charge on any atom is -0.481 e. The Morgan fingerprint density at radius 1 is 1.32 bits per heavy atom. The van der Waals surface area contributed by atoms with Gasteiger partial charge in [-0.1, -0.05) is 0 Å². The van der Waals surface area contributed by atoms with Gasteiger partial charge in [-0.15, -0.1) is 0 Å². The number of nitrogens with zero attached hydrogens (tertiary/aromatic N) is 3. The maximum Gasteiger partial charge on any atom is 0.260 e. The van der Waals surface area contributed by atoms with Crippen molar-refractivity contribution in [2.45, 2.75) is 32.7 Å². The Bertz CT molecular complexity index is 776. The van der Waals surface area contributed by atoms with Crippen LogP contribution in [0, 0.1) is 25.5 Å². The lowest BCUT2D eigenvalue weighted by molar-refractivity contribution is -0.135. The molecule has 2 aromatic rings. The fourth-order valence-electron chi connectivity index (χ4n) is 3.22. The normalized spacial score (nSPS) is 17.6. The van der Waals surface area contributed by atoms with E-state index in [0.717, 1.165) is 42.4 Å². The number of likely N-dealkylation sites (tertiary alicyclic amines) is 1. The van der Waals surface area contributed by atoms with E-state index in [2.05, 4.69) is 5.10 Å². The number of ether oxygens (including phenoxy) is 1. The number of halogens is 2. The molecule has 25 heavy (non-hydrogen) atoms. The van der Waals surface area contributed by atoms with Crippen molar-refractivity contribution >= 4 is 5.91 Å². The topological polar surface area (TPSA) is 47.4 Å². The van der Waals surface area contributed by atoms with E-state index in [-0.39, 0.29) is 24.3 Å². The predicted octanol–water partition coefficient (Wildman–Crippen LogP) is 3.02. The van der Waals surface area contributed by atoms with Crippen molar-refractivity contribution in [2.75, 3.05) is 19.7 Å². The first-order chi connectivity index (χ1) is 11.9. The van der Waals surface area contributed by atoms with Gasteiger partial charge in [0.2, 0.25) is 0 Å². The van der Waals surface area contributed by atoms with E-state index in [1.54, 1.807) is 4.90 Å². The molecule has 0 aliphatic carbocycles. The van der Waals surface area contributed by atoms with Gasteiger partial charge < -0.3 is 9.64 Å². The average Bonchev–Trinajstić information content (AvgIpc) is 2.94. The third-order valence-corrected chi connectivity index (χ3v) is 4.38. The van der Waals surface area contributed by atoms with Crippen LogP contribution in [-0.4, -0.2) is 40.3 Å². The maximum absolute atomic E-state index is 13.6. The Labute approximate surface area is 145 Å². The smallest absolute Gasteiger partial charge is 0.260 e. The predicted molar refractivity (Wildman–Crippen MR) is 88.4 cm³/mol.